The number of furan rings is 1. The van der Waals surface area contributed by atoms with Crippen molar-refractivity contribution in [1.82, 2.24) is 19.6 Å². The van der Waals surface area contributed by atoms with Crippen LogP contribution in [-0.2, 0) is 24.7 Å². The van der Waals surface area contributed by atoms with Crippen LogP contribution in [0, 0.1) is 5.92 Å². The van der Waals surface area contributed by atoms with Gasteiger partial charge in [-0.2, -0.15) is 5.10 Å². The number of carbonyl (C=O) groups excluding carboxylic acids is 2. The molecule has 1 fully saturated rings. The fourth-order valence-electron chi connectivity index (χ4n) is 3.84. The van der Waals surface area contributed by atoms with Gasteiger partial charge in [-0.05, 0) is 37.0 Å². The maximum atomic E-state index is 12.9. The molecule has 8 heteroatoms. The molecule has 8 nitrogen and oxygen atoms in total. The normalized spacial score (nSPS) is 19.7. The van der Waals surface area contributed by atoms with Crippen molar-refractivity contribution in [3.8, 4) is 0 Å². The fourth-order valence-corrected chi connectivity index (χ4v) is 3.84. The number of rotatable bonds is 2. The highest BCUT2D eigenvalue weighted by Gasteiger charge is 2.32. The molecule has 2 aromatic rings. The van der Waals surface area contributed by atoms with E-state index in [-0.39, 0.29) is 23.3 Å². The molecule has 142 valence electrons. The van der Waals surface area contributed by atoms with E-state index in [1.807, 2.05) is 4.90 Å². The molecule has 27 heavy (non-hydrogen) atoms. The molecule has 1 saturated heterocycles. The highest BCUT2D eigenvalue weighted by molar-refractivity contribution is 5.91. The van der Waals surface area contributed by atoms with Gasteiger partial charge in [0.1, 0.15) is 0 Å². The van der Waals surface area contributed by atoms with Crippen LogP contribution in [-0.4, -0.2) is 57.6 Å². The third-order valence-electron chi connectivity index (χ3n) is 5.41. The van der Waals surface area contributed by atoms with Crippen LogP contribution < -0.4 is 5.56 Å². The van der Waals surface area contributed by atoms with Gasteiger partial charge in [0.25, 0.3) is 11.5 Å². The first kappa shape index (κ1) is 17.5. The lowest BCUT2D eigenvalue weighted by molar-refractivity contribution is -0.137. The summed E-state index contributed by atoms with van der Waals surface area (Å²) in [5.74, 6) is 0.165. The van der Waals surface area contributed by atoms with Crippen LogP contribution >= 0.6 is 0 Å². The number of fused-ring (bicyclic) bond motifs is 1. The second-order valence-corrected chi connectivity index (χ2v) is 7.11. The maximum absolute atomic E-state index is 12.9. The summed E-state index contributed by atoms with van der Waals surface area (Å²) >= 11 is 0. The minimum absolute atomic E-state index is 0.103. The first-order valence-corrected chi connectivity index (χ1v) is 9.20. The molecule has 0 unspecified atom stereocenters. The molecule has 1 aliphatic heterocycles. The Bertz CT molecular complexity index is 910. The largest absolute Gasteiger partial charge is 0.459 e. The molecule has 2 aliphatic rings. The summed E-state index contributed by atoms with van der Waals surface area (Å²) in [5, 5.41) is 4.30. The Morgan fingerprint density at radius 1 is 1.19 bits per heavy atom. The van der Waals surface area contributed by atoms with Gasteiger partial charge in [0.05, 0.1) is 12.0 Å². The summed E-state index contributed by atoms with van der Waals surface area (Å²) in [6.45, 7) is 2.03. The summed E-state index contributed by atoms with van der Waals surface area (Å²) < 4.78 is 6.51. The number of nitrogens with zero attached hydrogens (tertiary/aromatic N) is 4. The summed E-state index contributed by atoms with van der Waals surface area (Å²) in [6, 6.07) is 4.94. The predicted octanol–water partition coefficient (Wildman–Crippen LogP) is 0.463. The molecule has 2 amide bonds. The van der Waals surface area contributed by atoms with Gasteiger partial charge in [0, 0.05) is 45.2 Å². The number of amides is 2. The zero-order valence-corrected chi connectivity index (χ0v) is 15.3. The van der Waals surface area contributed by atoms with Crippen molar-refractivity contribution in [2.75, 3.05) is 26.2 Å². The van der Waals surface area contributed by atoms with Crippen LogP contribution in [0.4, 0.5) is 0 Å². The Labute approximate surface area is 156 Å². The minimum Gasteiger partial charge on any atom is -0.459 e. The van der Waals surface area contributed by atoms with Crippen LogP contribution in [0.2, 0.25) is 0 Å². The highest BCUT2D eigenvalue weighted by atomic mass is 16.3. The van der Waals surface area contributed by atoms with E-state index >= 15 is 0 Å². The van der Waals surface area contributed by atoms with Gasteiger partial charge in [-0.1, -0.05) is 0 Å². The predicted molar refractivity (Wildman–Crippen MR) is 96.2 cm³/mol. The van der Waals surface area contributed by atoms with Crippen molar-refractivity contribution in [3.05, 3.63) is 51.8 Å². The average Bonchev–Trinajstić information content (AvgIpc) is 3.22. The van der Waals surface area contributed by atoms with Crippen LogP contribution in [0.1, 0.15) is 28.2 Å². The third kappa shape index (κ3) is 3.39. The monoisotopic (exact) mass is 370 g/mol. The Kier molecular flexibility index (Phi) is 4.55. The van der Waals surface area contributed by atoms with Crippen LogP contribution in [0.15, 0.2) is 33.7 Å². The van der Waals surface area contributed by atoms with Crippen molar-refractivity contribution < 1.29 is 14.0 Å². The number of hydrogen-bond acceptors (Lipinski definition) is 5. The first-order chi connectivity index (χ1) is 13.0. The van der Waals surface area contributed by atoms with Gasteiger partial charge in [0.2, 0.25) is 5.91 Å². The number of aromatic nitrogens is 2. The van der Waals surface area contributed by atoms with Gasteiger partial charge in [-0.3, -0.25) is 14.4 Å². The molecule has 0 bridgehead atoms. The van der Waals surface area contributed by atoms with E-state index in [1.165, 1.54) is 10.9 Å². The molecule has 4 rings (SSSR count). The third-order valence-corrected chi connectivity index (χ3v) is 5.41. The number of piperazine rings is 1. The lowest BCUT2D eigenvalue weighted by atomic mass is 9.86. The topological polar surface area (TPSA) is 88.7 Å². The van der Waals surface area contributed by atoms with Crippen molar-refractivity contribution in [2.45, 2.75) is 19.3 Å². The Hall–Kier alpha value is -2.90. The van der Waals surface area contributed by atoms with E-state index in [9.17, 15) is 14.4 Å². The highest BCUT2D eigenvalue weighted by Crippen LogP contribution is 2.25. The zero-order valence-electron chi connectivity index (χ0n) is 15.3. The number of hydrogen-bond donors (Lipinski definition) is 0. The zero-order chi connectivity index (χ0) is 19.0. The molecular weight excluding hydrogens is 348 g/mol. The van der Waals surface area contributed by atoms with E-state index in [4.69, 9.17) is 4.42 Å². The molecule has 0 spiro atoms. The summed E-state index contributed by atoms with van der Waals surface area (Å²) in [6.07, 6.45) is 3.48. The molecule has 0 N–H and O–H groups in total. The van der Waals surface area contributed by atoms with Crippen molar-refractivity contribution >= 4 is 11.8 Å². The van der Waals surface area contributed by atoms with Crippen molar-refractivity contribution in [1.29, 1.82) is 0 Å². The van der Waals surface area contributed by atoms with Gasteiger partial charge < -0.3 is 14.2 Å². The molecule has 3 heterocycles. The van der Waals surface area contributed by atoms with Gasteiger partial charge >= 0.3 is 0 Å². The minimum atomic E-state index is -0.146. The van der Waals surface area contributed by atoms with E-state index in [2.05, 4.69) is 5.10 Å². The van der Waals surface area contributed by atoms with E-state index in [0.29, 0.717) is 44.8 Å². The van der Waals surface area contributed by atoms with Gasteiger partial charge in [-0.15, -0.1) is 0 Å². The SMILES string of the molecule is Cn1nc2c(cc1=O)C[C@H](C(=O)N1CCN(C(=O)c3ccco3)CC1)CC2. The second-order valence-electron chi connectivity index (χ2n) is 7.11. The summed E-state index contributed by atoms with van der Waals surface area (Å²) in [5.41, 5.74) is 1.65. The lowest BCUT2D eigenvalue weighted by Gasteiger charge is -2.37. The standard InChI is InChI=1S/C19H22N4O4/c1-21-17(24)12-14-11-13(4-5-15(14)20-21)18(25)22-6-8-23(9-7-22)19(26)16-3-2-10-27-16/h2-3,10,12-13H,4-9,11H2,1H3/t13-/m1/s1. The molecule has 1 atom stereocenters. The quantitative estimate of drug-likeness (QED) is 0.766. The van der Waals surface area contributed by atoms with Crippen LogP contribution in [0.5, 0.6) is 0 Å². The lowest BCUT2D eigenvalue weighted by Crippen LogP contribution is -2.52. The molecule has 0 radical (unpaired) electrons. The van der Waals surface area contributed by atoms with Crippen molar-refractivity contribution in [2.24, 2.45) is 13.0 Å². The molecule has 2 aromatic heterocycles. The van der Waals surface area contributed by atoms with E-state index in [1.54, 1.807) is 30.1 Å². The van der Waals surface area contributed by atoms with Gasteiger partial charge in [0.15, 0.2) is 5.76 Å². The van der Waals surface area contributed by atoms with Gasteiger partial charge in [-0.25, -0.2) is 4.68 Å². The van der Waals surface area contributed by atoms with E-state index in [0.717, 1.165) is 17.7 Å². The maximum Gasteiger partial charge on any atom is 0.289 e. The average molecular weight is 370 g/mol. The number of aryl methyl sites for hydroxylation is 2. The Balaban J connectivity index is 1.38. The Morgan fingerprint density at radius 2 is 1.93 bits per heavy atom. The molecule has 0 saturated carbocycles. The van der Waals surface area contributed by atoms with E-state index < -0.39 is 0 Å². The molecular formula is C19H22N4O4. The smallest absolute Gasteiger partial charge is 0.289 e. The molecule has 0 aromatic carbocycles. The Morgan fingerprint density at radius 3 is 2.63 bits per heavy atom. The van der Waals surface area contributed by atoms with Crippen LogP contribution in [0.3, 0.4) is 0 Å². The first-order valence-electron chi connectivity index (χ1n) is 9.20. The fraction of sp³-hybridized carbons (Fsp3) is 0.474. The second kappa shape index (κ2) is 7.02. The van der Waals surface area contributed by atoms with Crippen LogP contribution in [0.25, 0.3) is 0 Å². The summed E-state index contributed by atoms with van der Waals surface area (Å²) in [7, 11) is 1.64. The number of carbonyl (C=O) groups is 2. The van der Waals surface area contributed by atoms with Crippen molar-refractivity contribution in [3.63, 3.8) is 0 Å². The molecule has 1 aliphatic carbocycles. The summed E-state index contributed by atoms with van der Waals surface area (Å²) in [4.78, 5) is 40.6.